The molecule has 0 unspecified atom stereocenters. The lowest BCUT2D eigenvalue weighted by Gasteiger charge is -2.34. The van der Waals surface area contributed by atoms with E-state index in [4.69, 9.17) is 0 Å². The Labute approximate surface area is 139 Å². The van der Waals surface area contributed by atoms with E-state index in [9.17, 15) is 4.79 Å². The number of rotatable bonds is 4. The number of amides is 1. The number of nitrogens with zero attached hydrogens (tertiary/aromatic N) is 1. The zero-order valence-electron chi connectivity index (χ0n) is 13.9. The molecule has 3 fully saturated rings. The Morgan fingerprint density at radius 1 is 1.13 bits per heavy atom. The van der Waals surface area contributed by atoms with Gasteiger partial charge in [-0.15, -0.1) is 0 Å². The summed E-state index contributed by atoms with van der Waals surface area (Å²) >= 11 is 0. The average Bonchev–Trinajstić information content (AvgIpc) is 3.19. The number of likely N-dealkylation sites (tertiary alicyclic amines) is 1. The van der Waals surface area contributed by atoms with Crippen LogP contribution in [0.3, 0.4) is 0 Å². The van der Waals surface area contributed by atoms with Gasteiger partial charge in [-0.05, 0) is 56.0 Å². The van der Waals surface area contributed by atoms with E-state index in [1.54, 1.807) is 0 Å². The molecule has 2 saturated carbocycles. The fourth-order valence-electron chi connectivity index (χ4n) is 5.03. The minimum absolute atomic E-state index is 0.318. The van der Waals surface area contributed by atoms with Crippen LogP contribution in [0.2, 0.25) is 0 Å². The van der Waals surface area contributed by atoms with E-state index >= 15 is 0 Å². The number of piperidine rings is 1. The van der Waals surface area contributed by atoms with Crippen molar-refractivity contribution in [2.75, 3.05) is 13.1 Å². The minimum atomic E-state index is 0.318. The maximum Gasteiger partial charge on any atom is 0.223 e. The quantitative estimate of drug-likeness (QED) is 0.926. The van der Waals surface area contributed by atoms with Crippen molar-refractivity contribution >= 4 is 5.91 Å². The van der Waals surface area contributed by atoms with Gasteiger partial charge in [-0.1, -0.05) is 36.8 Å². The molecule has 3 heteroatoms. The first kappa shape index (κ1) is 15.2. The largest absolute Gasteiger partial charge is 0.352 e. The van der Waals surface area contributed by atoms with Crippen molar-refractivity contribution in [3.63, 3.8) is 0 Å². The SMILES string of the molecule is O=C(N[C@H]1CCCN(Cc2ccccc2)C1)[C@@H]1C[C@@H]2CC[C@@H]1C2. The number of benzene rings is 1. The predicted octanol–water partition coefficient (Wildman–Crippen LogP) is 3.20. The third-order valence-corrected chi connectivity index (χ3v) is 6.18. The first-order chi connectivity index (χ1) is 11.3. The van der Waals surface area contributed by atoms with E-state index < -0.39 is 0 Å². The van der Waals surface area contributed by atoms with Crippen molar-refractivity contribution < 1.29 is 4.79 Å². The topological polar surface area (TPSA) is 32.3 Å². The van der Waals surface area contributed by atoms with Crippen molar-refractivity contribution in [3.8, 4) is 0 Å². The molecule has 0 spiro atoms. The van der Waals surface area contributed by atoms with Crippen LogP contribution in [0, 0.1) is 17.8 Å². The van der Waals surface area contributed by atoms with E-state index in [2.05, 4.69) is 40.5 Å². The van der Waals surface area contributed by atoms with Gasteiger partial charge < -0.3 is 5.32 Å². The van der Waals surface area contributed by atoms with Crippen LogP contribution in [0.15, 0.2) is 30.3 Å². The molecule has 1 heterocycles. The molecule has 0 aromatic heterocycles. The van der Waals surface area contributed by atoms with E-state index in [-0.39, 0.29) is 0 Å². The van der Waals surface area contributed by atoms with E-state index in [1.165, 1.54) is 31.2 Å². The van der Waals surface area contributed by atoms with Gasteiger partial charge in [-0.3, -0.25) is 9.69 Å². The molecule has 2 bridgehead atoms. The smallest absolute Gasteiger partial charge is 0.223 e. The summed E-state index contributed by atoms with van der Waals surface area (Å²) < 4.78 is 0. The highest BCUT2D eigenvalue weighted by atomic mass is 16.2. The van der Waals surface area contributed by atoms with Crippen LogP contribution >= 0.6 is 0 Å². The maximum absolute atomic E-state index is 12.6. The fourth-order valence-corrected chi connectivity index (χ4v) is 5.03. The van der Waals surface area contributed by atoms with Crippen LogP contribution in [0.4, 0.5) is 0 Å². The Balaban J connectivity index is 1.30. The lowest BCUT2D eigenvalue weighted by atomic mass is 9.88. The predicted molar refractivity (Wildman–Crippen MR) is 91.8 cm³/mol. The Morgan fingerprint density at radius 2 is 2.00 bits per heavy atom. The lowest BCUT2D eigenvalue weighted by molar-refractivity contribution is -0.127. The molecular weight excluding hydrogens is 284 g/mol. The number of nitrogens with one attached hydrogen (secondary N) is 1. The van der Waals surface area contributed by atoms with Crippen LogP contribution in [0.5, 0.6) is 0 Å². The summed E-state index contributed by atoms with van der Waals surface area (Å²) in [5.41, 5.74) is 1.37. The van der Waals surface area contributed by atoms with Crippen LogP contribution in [0.25, 0.3) is 0 Å². The third-order valence-electron chi connectivity index (χ3n) is 6.18. The molecule has 1 aliphatic heterocycles. The molecule has 23 heavy (non-hydrogen) atoms. The number of carbonyl (C=O) groups excluding carboxylic acids is 1. The second kappa shape index (κ2) is 6.64. The molecule has 1 aromatic carbocycles. The summed E-state index contributed by atoms with van der Waals surface area (Å²) in [6, 6.07) is 11.0. The molecule has 3 nitrogen and oxygen atoms in total. The molecule has 4 rings (SSSR count). The Hall–Kier alpha value is -1.35. The number of fused-ring (bicyclic) bond motifs is 2. The lowest BCUT2D eigenvalue weighted by Crippen LogP contribution is -2.49. The molecule has 1 aromatic rings. The van der Waals surface area contributed by atoms with E-state index in [0.717, 1.165) is 38.4 Å². The van der Waals surface area contributed by atoms with Crippen LogP contribution in [0.1, 0.15) is 44.1 Å². The average molecular weight is 312 g/mol. The normalized spacial score (nSPS) is 33.7. The second-order valence-electron chi connectivity index (χ2n) is 7.85. The zero-order valence-corrected chi connectivity index (χ0v) is 13.9. The fraction of sp³-hybridized carbons (Fsp3) is 0.650. The van der Waals surface area contributed by atoms with Gasteiger partial charge in [0, 0.05) is 25.0 Å². The number of hydrogen-bond acceptors (Lipinski definition) is 2. The summed E-state index contributed by atoms with van der Waals surface area (Å²) in [7, 11) is 0. The monoisotopic (exact) mass is 312 g/mol. The van der Waals surface area contributed by atoms with E-state index in [1.807, 2.05) is 0 Å². The van der Waals surface area contributed by atoms with Crippen molar-refractivity contribution in [2.24, 2.45) is 17.8 Å². The van der Waals surface area contributed by atoms with Gasteiger partial charge in [0.2, 0.25) is 5.91 Å². The zero-order chi connectivity index (χ0) is 15.6. The summed E-state index contributed by atoms with van der Waals surface area (Å²) in [5, 5.41) is 3.38. The van der Waals surface area contributed by atoms with Gasteiger partial charge >= 0.3 is 0 Å². The molecule has 0 radical (unpaired) electrons. The van der Waals surface area contributed by atoms with Gasteiger partial charge in [0.15, 0.2) is 0 Å². The van der Waals surface area contributed by atoms with Gasteiger partial charge in [-0.2, -0.15) is 0 Å². The van der Waals surface area contributed by atoms with Gasteiger partial charge in [0.25, 0.3) is 0 Å². The Morgan fingerprint density at radius 3 is 2.74 bits per heavy atom. The molecule has 3 aliphatic rings. The highest BCUT2D eigenvalue weighted by molar-refractivity contribution is 5.79. The van der Waals surface area contributed by atoms with Gasteiger partial charge in [0.05, 0.1) is 0 Å². The van der Waals surface area contributed by atoms with Crippen molar-refractivity contribution in [2.45, 2.75) is 51.1 Å². The van der Waals surface area contributed by atoms with Crippen molar-refractivity contribution in [1.29, 1.82) is 0 Å². The molecule has 2 aliphatic carbocycles. The summed E-state index contributed by atoms with van der Waals surface area (Å²) in [6.45, 7) is 3.15. The van der Waals surface area contributed by atoms with Crippen molar-refractivity contribution in [1.82, 2.24) is 10.2 Å². The summed E-state index contributed by atoms with van der Waals surface area (Å²) in [6.07, 6.45) is 7.43. The van der Waals surface area contributed by atoms with Crippen molar-refractivity contribution in [3.05, 3.63) is 35.9 Å². The minimum Gasteiger partial charge on any atom is -0.352 e. The Bertz CT molecular complexity index is 544. The molecule has 4 atom stereocenters. The van der Waals surface area contributed by atoms with Gasteiger partial charge in [0.1, 0.15) is 0 Å². The first-order valence-electron chi connectivity index (χ1n) is 9.34. The van der Waals surface area contributed by atoms with Crippen LogP contribution in [-0.2, 0) is 11.3 Å². The molecule has 1 N–H and O–H groups in total. The number of carbonyl (C=O) groups is 1. The molecule has 1 saturated heterocycles. The van der Waals surface area contributed by atoms with Gasteiger partial charge in [-0.25, -0.2) is 0 Å². The molecular formula is C20H28N2O. The third kappa shape index (κ3) is 3.45. The molecule has 124 valence electrons. The maximum atomic E-state index is 12.6. The second-order valence-corrected chi connectivity index (χ2v) is 7.85. The Kier molecular flexibility index (Phi) is 4.39. The van der Waals surface area contributed by atoms with E-state index in [0.29, 0.717) is 23.8 Å². The highest BCUT2D eigenvalue weighted by Gasteiger charge is 2.43. The molecule has 1 amide bonds. The van der Waals surface area contributed by atoms with Crippen LogP contribution in [-0.4, -0.2) is 29.9 Å². The number of hydrogen-bond donors (Lipinski definition) is 1. The highest BCUT2D eigenvalue weighted by Crippen LogP contribution is 2.48. The summed E-state index contributed by atoms with van der Waals surface area (Å²) in [5.74, 6) is 2.20. The van der Waals surface area contributed by atoms with Crippen LogP contribution < -0.4 is 5.32 Å². The standard InChI is InChI=1S/C20H28N2O/c23-20(19-12-16-8-9-17(19)11-16)21-18-7-4-10-22(14-18)13-15-5-2-1-3-6-15/h1-3,5-6,16-19H,4,7-14H2,(H,21,23)/t16-,17-,18+,19-/m1/s1. The first-order valence-corrected chi connectivity index (χ1v) is 9.34. The summed E-state index contributed by atoms with van der Waals surface area (Å²) in [4.78, 5) is 15.1.